The zero-order valence-electron chi connectivity index (χ0n) is 7.11. The number of alkyl halides is 1. The Hall–Kier alpha value is -0.110. The van der Waals surface area contributed by atoms with E-state index in [2.05, 4.69) is 13.8 Å². The maximum Gasteiger partial charge on any atom is 0.113 e. The Morgan fingerprint density at radius 2 is 1.80 bits per heavy atom. The van der Waals surface area contributed by atoms with E-state index in [0.29, 0.717) is 0 Å². The summed E-state index contributed by atoms with van der Waals surface area (Å²) in [5.41, 5.74) is -0.105. The van der Waals surface area contributed by atoms with Gasteiger partial charge in [0.15, 0.2) is 0 Å². The molecule has 0 unspecified atom stereocenters. The van der Waals surface area contributed by atoms with Crippen LogP contribution in [0, 0.1) is 0 Å². The van der Waals surface area contributed by atoms with Crippen LogP contribution in [-0.4, -0.2) is 18.9 Å². The summed E-state index contributed by atoms with van der Waals surface area (Å²) in [6.45, 7) is 5.99. The molecule has 0 aliphatic rings. The smallest absolute Gasteiger partial charge is 0.113 e. The number of ether oxygens (including phenoxy) is 1. The van der Waals surface area contributed by atoms with E-state index in [-0.39, 0.29) is 18.9 Å². The SMILES string of the molecule is CCC(C)(CC)OCCF. The molecule has 0 aliphatic heterocycles. The van der Waals surface area contributed by atoms with Crippen LogP contribution in [0.15, 0.2) is 0 Å². The fraction of sp³-hybridized carbons (Fsp3) is 1.00. The van der Waals surface area contributed by atoms with Gasteiger partial charge in [0, 0.05) is 0 Å². The van der Waals surface area contributed by atoms with Crippen LogP contribution in [0.25, 0.3) is 0 Å². The van der Waals surface area contributed by atoms with Crippen molar-refractivity contribution in [1.82, 2.24) is 0 Å². The first kappa shape index (κ1) is 9.89. The van der Waals surface area contributed by atoms with Gasteiger partial charge in [-0.2, -0.15) is 0 Å². The van der Waals surface area contributed by atoms with E-state index >= 15 is 0 Å². The number of hydrogen-bond acceptors (Lipinski definition) is 1. The molecule has 0 aliphatic carbocycles. The Balaban J connectivity index is 3.58. The Bertz CT molecular complexity index is 79.3. The maximum absolute atomic E-state index is 11.7. The van der Waals surface area contributed by atoms with Gasteiger partial charge in [-0.3, -0.25) is 0 Å². The monoisotopic (exact) mass is 148 g/mol. The molecule has 0 spiro atoms. The number of halogens is 1. The van der Waals surface area contributed by atoms with E-state index in [0.717, 1.165) is 12.8 Å². The average Bonchev–Trinajstić information content (AvgIpc) is 2.00. The molecular weight excluding hydrogens is 131 g/mol. The molecule has 0 saturated carbocycles. The lowest BCUT2D eigenvalue weighted by Crippen LogP contribution is -2.27. The van der Waals surface area contributed by atoms with Crippen LogP contribution in [0.4, 0.5) is 4.39 Å². The van der Waals surface area contributed by atoms with Crippen molar-refractivity contribution in [2.75, 3.05) is 13.3 Å². The highest BCUT2D eigenvalue weighted by Gasteiger charge is 2.19. The highest BCUT2D eigenvalue weighted by atomic mass is 19.1. The topological polar surface area (TPSA) is 9.23 Å². The van der Waals surface area contributed by atoms with Crippen molar-refractivity contribution in [3.63, 3.8) is 0 Å². The summed E-state index contributed by atoms with van der Waals surface area (Å²) in [5, 5.41) is 0. The van der Waals surface area contributed by atoms with Gasteiger partial charge in [-0.25, -0.2) is 4.39 Å². The van der Waals surface area contributed by atoms with Gasteiger partial charge < -0.3 is 4.74 Å². The second-order valence-corrected chi connectivity index (χ2v) is 2.69. The lowest BCUT2D eigenvalue weighted by molar-refractivity contribution is -0.0418. The van der Waals surface area contributed by atoms with Crippen LogP contribution in [0.2, 0.25) is 0 Å². The van der Waals surface area contributed by atoms with Crippen LogP contribution < -0.4 is 0 Å². The van der Waals surface area contributed by atoms with E-state index < -0.39 is 0 Å². The van der Waals surface area contributed by atoms with Gasteiger partial charge in [-0.1, -0.05) is 13.8 Å². The number of hydrogen-bond donors (Lipinski definition) is 0. The minimum Gasteiger partial charge on any atom is -0.373 e. The fourth-order valence-electron chi connectivity index (χ4n) is 0.739. The second-order valence-electron chi connectivity index (χ2n) is 2.69. The Morgan fingerprint density at radius 3 is 2.10 bits per heavy atom. The average molecular weight is 148 g/mol. The predicted molar refractivity (Wildman–Crippen MR) is 40.9 cm³/mol. The van der Waals surface area contributed by atoms with E-state index in [1.54, 1.807) is 0 Å². The molecule has 0 aromatic carbocycles. The van der Waals surface area contributed by atoms with Crippen molar-refractivity contribution in [3.05, 3.63) is 0 Å². The van der Waals surface area contributed by atoms with E-state index in [9.17, 15) is 4.39 Å². The quantitative estimate of drug-likeness (QED) is 0.582. The minimum absolute atomic E-state index is 0.105. The third kappa shape index (κ3) is 3.16. The third-order valence-corrected chi connectivity index (χ3v) is 2.02. The molecule has 0 aromatic heterocycles. The Labute approximate surface area is 62.6 Å². The maximum atomic E-state index is 11.7. The van der Waals surface area contributed by atoms with Crippen molar-refractivity contribution >= 4 is 0 Å². The van der Waals surface area contributed by atoms with Crippen LogP contribution in [0.1, 0.15) is 33.6 Å². The molecule has 0 N–H and O–H groups in total. The first-order chi connectivity index (χ1) is 4.68. The molecule has 0 rings (SSSR count). The summed E-state index contributed by atoms with van der Waals surface area (Å²) >= 11 is 0. The van der Waals surface area contributed by atoms with Crippen LogP contribution in [-0.2, 0) is 4.74 Å². The molecular formula is C8H17FO. The highest BCUT2D eigenvalue weighted by Crippen LogP contribution is 2.18. The lowest BCUT2D eigenvalue weighted by atomic mass is 10.0. The van der Waals surface area contributed by atoms with E-state index in [1.807, 2.05) is 6.92 Å². The Kier molecular flexibility index (Phi) is 4.62. The molecule has 10 heavy (non-hydrogen) atoms. The van der Waals surface area contributed by atoms with Gasteiger partial charge >= 0.3 is 0 Å². The zero-order valence-corrected chi connectivity index (χ0v) is 7.11. The summed E-state index contributed by atoms with van der Waals surface area (Å²) in [6.07, 6.45) is 1.90. The van der Waals surface area contributed by atoms with Gasteiger partial charge in [-0.15, -0.1) is 0 Å². The molecule has 0 saturated heterocycles. The first-order valence-corrected chi connectivity index (χ1v) is 3.88. The van der Waals surface area contributed by atoms with Gasteiger partial charge in [-0.05, 0) is 19.8 Å². The molecule has 0 heterocycles. The van der Waals surface area contributed by atoms with Gasteiger partial charge in [0.05, 0.1) is 12.2 Å². The van der Waals surface area contributed by atoms with Crippen molar-refractivity contribution in [1.29, 1.82) is 0 Å². The van der Waals surface area contributed by atoms with Crippen molar-refractivity contribution in [3.8, 4) is 0 Å². The first-order valence-electron chi connectivity index (χ1n) is 3.88. The molecule has 0 bridgehead atoms. The predicted octanol–water partition coefficient (Wildman–Crippen LogP) is 2.55. The second kappa shape index (κ2) is 4.67. The largest absolute Gasteiger partial charge is 0.373 e. The molecule has 0 amide bonds. The standard InChI is InChI=1S/C8H17FO/c1-4-8(3,5-2)10-7-6-9/h4-7H2,1-3H3. The van der Waals surface area contributed by atoms with Gasteiger partial charge in [0.2, 0.25) is 0 Å². The molecule has 1 nitrogen and oxygen atoms in total. The lowest BCUT2D eigenvalue weighted by Gasteiger charge is -2.26. The van der Waals surface area contributed by atoms with Crippen LogP contribution in [0.5, 0.6) is 0 Å². The third-order valence-electron chi connectivity index (χ3n) is 2.02. The minimum atomic E-state index is -0.379. The molecule has 62 valence electrons. The molecule has 0 fully saturated rings. The summed E-state index contributed by atoms with van der Waals surface area (Å²) in [5.74, 6) is 0. The summed E-state index contributed by atoms with van der Waals surface area (Å²) in [6, 6.07) is 0. The molecule has 0 aromatic rings. The van der Waals surface area contributed by atoms with Crippen LogP contribution >= 0.6 is 0 Å². The Morgan fingerprint density at radius 1 is 1.30 bits per heavy atom. The summed E-state index contributed by atoms with van der Waals surface area (Å²) < 4.78 is 17.0. The van der Waals surface area contributed by atoms with Crippen LogP contribution in [0.3, 0.4) is 0 Å². The molecule has 0 radical (unpaired) electrons. The van der Waals surface area contributed by atoms with Gasteiger partial charge in [0.25, 0.3) is 0 Å². The molecule has 0 atom stereocenters. The van der Waals surface area contributed by atoms with E-state index in [1.165, 1.54) is 0 Å². The van der Waals surface area contributed by atoms with E-state index in [4.69, 9.17) is 4.74 Å². The normalized spacial score (nSPS) is 12.0. The number of rotatable bonds is 5. The highest BCUT2D eigenvalue weighted by molar-refractivity contribution is 4.70. The molecule has 2 heteroatoms. The van der Waals surface area contributed by atoms with Gasteiger partial charge in [0.1, 0.15) is 6.67 Å². The van der Waals surface area contributed by atoms with Crippen molar-refractivity contribution in [2.45, 2.75) is 39.2 Å². The zero-order chi connectivity index (χ0) is 8.04. The fourth-order valence-corrected chi connectivity index (χ4v) is 0.739. The summed E-state index contributed by atoms with van der Waals surface area (Å²) in [7, 11) is 0. The summed E-state index contributed by atoms with van der Waals surface area (Å²) in [4.78, 5) is 0. The van der Waals surface area contributed by atoms with Crippen molar-refractivity contribution in [2.24, 2.45) is 0 Å². The van der Waals surface area contributed by atoms with Crippen molar-refractivity contribution < 1.29 is 9.13 Å².